The molecule has 0 bridgehead atoms. The molecule has 2 rings (SSSR count). The van der Waals surface area contributed by atoms with Gasteiger partial charge in [0.15, 0.2) is 0 Å². The Labute approximate surface area is 107 Å². The molecule has 2 nitrogen and oxygen atoms in total. The number of nitrogens with zero attached hydrogens (tertiary/aromatic N) is 1. The highest BCUT2D eigenvalue weighted by molar-refractivity contribution is 5.49. The molecule has 94 valence electrons. The predicted octanol–water partition coefficient (Wildman–Crippen LogP) is 3.50. The lowest BCUT2D eigenvalue weighted by molar-refractivity contribution is 0.627. The van der Waals surface area contributed by atoms with Crippen LogP contribution in [0.2, 0.25) is 0 Å². The highest BCUT2D eigenvalue weighted by Gasteiger charge is 2.02. The number of rotatable bonds is 4. The van der Waals surface area contributed by atoms with E-state index >= 15 is 0 Å². The van der Waals surface area contributed by atoms with E-state index in [1.54, 1.807) is 12.1 Å². The summed E-state index contributed by atoms with van der Waals surface area (Å²) in [5.74, 6) is -0.204. The van der Waals surface area contributed by atoms with Crippen LogP contribution in [0, 0.1) is 5.82 Å². The maximum absolute atomic E-state index is 12.8. The Morgan fingerprint density at radius 1 is 1.11 bits per heavy atom. The van der Waals surface area contributed by atoms with Gasteiger partial charge in [0.2, 0.25) is 0 Å². The van der Waals surface area contributed by atoms with Crippen LogP contribution < -0.4 is 10.2 Å². The molecule has 0 aliphatic heterocycles. The first-order chi connectivity index (χ1) is 8.69. The summed E-state index contributed by atoms with van der Waals surface area (Å²) in [6.07, 6.45) is 0. The van der Waals surface area contributed by atoms with Gasteiger partial charge in [0.05, 0.1) is 0 Å². The number of halogens is 1. The summed E-state index contributed by atoms with van der Waals surface area (Å²) in [4.78, 5) is 2.09. The second-order valence-electron chi connectivity index (χ2n) is 4.28. The molecule has 0 unspecified atom stereocenters. The first-order valence-electron chi connectivity index (χ1n) is 5.92. The van der Waals surface area contributed by atoms with Gasteiger partial charge in [-0.15, -0.1) is 0 Å². The Kier molecular flexibility index (Phi) is 3.82. The summed E-state index contributed by atoms with van der Waals surface area (Å²) in [5, 5.41) is 3.12. The van der Waals surface area contributed by atoms with E-state index in [1.165, 1.54) is 17.7 Å². The molecule has 0 saturated carbocycles. The number of nitrogens with one attached hydrogen (secondary N) is 1. The van der Waals surface area contributed by atoms with Gasteiger partial charge < -0.3 is 10.2 Å². The number of benzene rings is 2. The lowest BCUT2D eigenvalue weighted by Gasteiger charge is -2.19. The Bertz CT molecular complexity index is 508. The average molecular weight is 244 g/mol. The molecule has 0 aliphatic rings. The van der Waals surface area contributed by atoms with Crippen LogP contribution in [0.3, 0.4) is 0 Å². The monoisotopic (exact) mass is 244 g/mol. The first kappa shape index (κ1) is 12.4. The summed E-state index contributed by atoms with van der Waals surface area (Å²) in [6, 6.07) is 14.8. The van der Waals surface area contributed by atoms with Crippen molar-refractivity contribution in [2.24, 2.45) is 0 Å². The largest absolute Gasteiger partial charge is 0.388 e. The second-order valence-corrected chi connectivity index (χ2v) is 4.28. The van der Waals surface area contributed by atoms with Crippen molar-refractivity contribution < 1.29 is 4.39 Å². The molecule has 0 fully saturated rings. The first-order valence-corrected chi connectivity index (χ1v) is 5.92. The highest BCUT2D eigenvalue weighted by atomic mass is 19.1. The zero-order chi connectivity index (χ0) is 13.0. The summed E-state index contributed by atoms with van der Waals surface area (Å²) in [6.45, 7) is 0.793. The van der Waals surface area contributed by atoms with E-state index in [0.717, 1.165) is 17.9 Å². The quantitative estimate of drug-likeness (QED) is 0.885. The van der Waals surface area contributed by atoms with Gasteiger partial charge >= 0.3 is 0 Å². The van der Waals surface area contributed by atoms with Gasteiger partial charge in [0.25, 0.3) is 0 Å². The Morgan fingerprint density at radius 3 is 2.50 bits per heavy atom. The smallest absolute Gasteiger partial charge is 0.123 e. The summed E-state index contributed by atoms with van der Waals surface area (Å²) in [7, 11) is 3.90. The van der Waals surface area contributed by atoms with Crippen molar-refractivity contribution in [3.8, 4) is 0 Å². The molecule has 18 heavy (non-hydrogen) atoms. The minimum absolute atomic E-state index is 0.204. The number of anilines is 2. The van der Waals surface area contributed by atoms with E-state index in [-0.39, 0.29) is 5.82 Å². The number of hydrogen-bond acceptors (Lipinski definition) is 2. The van der Waals surface area contributed by atoms with Crippen molar-refractivity contribution in [3.63, 3.8) is 0 Å². The molecule has 0 heterocycles. The Balaban J connectivity index is 2.10. The van der Waals surface area contributed by atoms with E-state index < -0.39 is 0 Å². The zero-order valence-corrected chi connectivity index (χ0v) is 10.7. The van der Waals surface area contributed by atoms with E-state index in [0.29, 0.717) is 0 Å². The number of hydrogen-bond donors (Lipinski definition) is 1. The fraction of sp³-hybridized carbons (Fsp3) is 0.200. The van der Waals surface area contributed by atoms with Crippen LogP contribution in [-0.4, -0.2) is 14.1 Å². The molecule has 2 aromatic carbocycles. The predicted molar refractivity (Wildman–Crippen MR) is 74.5 cm³/mol. The Hall–Kier alpha value is -2.03. The van der Waals surface area contributed by atoms with Crippen LogP contribution in [0.15, 0.2) is 48.5 Å². The molecule has 0 aliphatic carbocycles. The molecular formula is C15H17FN2. The molecule has 2 aromatic rings. The van der Waals surface area contributed by atoms with Gasteiger partial charge in [-0.25, -0.2) is 4.39 Å². The molecule has 0 atom stereocenters. The van der Waals surface area contributed by atoms with Gasteiger partial charge in [-0.1, -0.05) is 12.1 Å². The second kappa shape index (κ2) is 5.54. The third-order valence-corrected chi connectivity index (χ3v) is 2.90. The van der Waals surface area contributed by atoms with E-state index in [2.05, 4.69) is 22.3 Å². The standard InChI is InChI=1S/C15H17FN2/c1-17-14-5-3-4-12(10-14)11-18(2)15-8-6-13(16)7-9-15/h3-10,17H,11H2,1-2H3. The van der Waals surface area contributed by atoms with Crippen LogP contribution >= 0.6 is 0 Å². The normalized spacial score (nSPS) is 10.2. The maximum Gasteiger partial charge on any atom is 0.123 e. The van der Waals surface area contributed by atoms with Crippen LogP contribution in [0.25, 0.3) is 0 Å². The van der Waals surface area contributed by atoms with Gasteiger partial charge in [-0.05, 0) is 42.0 Å². The fourth-order valence-electron chi connectivity index (χ4n) is 1.89. The van der Waals surface area contributed by atoms with Crippen molar-refractivity contribution >= 4 is 11.4 Å². The SMILES string of the molecule is CNc1cccc(CN(C)c2ccc(F)cc2)c1. The minimum Gasteiger partial charge on any atom is -0.388 e. The Morgan fingerprint density at radius 2 is 1.83 bits per heavy atom. The van der Waals surface area contributed by atoms with Crippen LogP contribution in [0.1, 0.15) is 5.56 Å². The summed E-state index contributed by atoms with van der Waals surface area (Å²) < 4.78 is 12.8. The van der Waals surface area contributed by atoms with Crippen LogP contribution in [0.4, 0.5) is 15.8 Å². The third-order valence-electron chi connectivity index (χ3n) is 2.90. The lowest BCUT2D eigenvalue weighted by Crippen LogP contribution is -2.16. The van der Waals surface area contributed by atoms with Gasteiger partial charge in [0, 0.05) is 32.0 Å². The third kappa shape index (κ3) is 3.00. The van der Waals surface area contributed by atoms with E-state index in [4.69, 9.17) is 0 Å². The van der Waals surface area contributed by atoms with Gasteiger partial charge in [-0.3, -0.25) is 0 Å². The average Bonchev–Trinajstić information content (AvgIpc) is 2.39. The molecular weight excluding hydrogens is 227 g/mol. The molecule has 0 aromatic heterocycles. The lowest BCUT2D eigenvalue weighted by atomic mass is 10.2. The van der Waals surface area contributed by atoms with Crippen molar-refractivity contribution in [1.82, 2.24) is 0 Å². The van der Waals surface area contributed by atoms with Crippen LogP contribution in [-0.2, 0) is 6.54 Å². The van der Waals surface area contributed by atoms with E-state index in [1.807, 2.05) is 26.2 Å². The summed E-state index contributed by atoms with van der Waals surface area (Å²) in [5.41, 5.74) is 3.32. The molecule has 0 spiro atoms. The zero-order valence-electron chi connectivity index (χ0n) is 10.7. The topological polar surface area (TPSA) is 15.3 Å². The van der Waals surface area contributed by atoms with Crippen molar-refractivity contribution in [1.29, 1.82) is 0 Å². The molecule has 0 saturated heterocycles. The minimum atomic E-state index is -0.204. The van der Waals surface area contributed by atoms with Crippen LogP contribution in [0.5, 0.6) is 0 Å². The van der Waals surface area contributed by atoms with Crippen molar-refractivity contribution in [2.45, 2.75) is 6.54 Å². The van der Waals surface area contributed by atoms with Gasteiger partial charge in [-0.2, -0.15) is 0 Å². The summed E-state index contributed by atoms with van der Waals surface area (Å²) >= 11 is 0. The molecule has 0 amide bonds. The molecule has 3 heteroatoms. The van der Waals surface area contributed by atoms with Gasteiger partial charge in [0.1, 0.15) is 5.82 Å². The fourth-order valence-corrected chi connectivity index (χ4v) is 1.89. The van der Waals surface area contributed by atoms with Crippen molar-refractivity contribution in [3.05, 3.63) is 59.9 Å². The molecule has 0 radical (unpaired) electrons. The van der Waals surface area contributed by atoms with Crippen molar-refractivity contribution in [2.75, 3.05) is 24.3 Å². The van der Waals surface area contributed by atoms with E-state index in [9.17, 15) is 4.39 Å². The maximum atomic E-state index is 12.8. The molecule has 1 N–H and O–H groups in total. The highest BCUT2D eigenvalue weighted by Crippen LogP contribution is 2.17.